The van der Waals surface area contributed by atoms with Crippen molar-refractivity contribution in [3.63, 3.8) is 0 Å². The maximum atomic E-state index is 11.2. The second-order valence-corrected chi connectivity index (χ2v) is 13.5. The minimum absolute atomic E-state index is 0.184. The third-order valence-electron chi connectivity index (χ3n) is 10.6. The predicted molar refractivity (Wildman–Crippen MR) is 216 cm³/mol. The van der Waals surface area contributed by atoms with Crippen LogP contribution in [0.1, 0.15) is 0 Å². The summed E-state index contributed by atoms with van der Waals surface area (Å²) in [4.78, 5) is 0. The molecule has 5 N–H and O–H groups in total. The fourth-order valence-electron chi connectivity index (χ4n) is 8.23. The molecule has 0 fully saturated rings. The Kier molecular flexibility index (Phi) is 6.84. The molecule has 10 rings (SSSR count). The summed E-state index contributed by atoms with van der Waals surface area (Å²) in [6.45, 7) is 0. The van der Waals surface area contributed by atoms with Gasteiger partial charge in [-0.15, -0.1) is 0 Å². The Bertz CT molecular complexity index is 3070. The molecule has 0 amide bonds. The van der Waals surface area contributed by atoms with E-state index in [2.05, 4.69) is 60.7 Å². The molecule has 0 aliphatic heterocycles. The standard InChI is InChI=1S/C48H30O6/c49-44-43(45(50)47(52)48(53)46(44)51)42-33-18-8-6-16-31(33)40(32-17-7-9-19-34(32)42)35-23-22-30(28-14-4-5-15-29(28)35)37-24-27(26-12-2-1-3-13-26)25-39-41(37)36-20-10-11-21-38(36)54-39/h1-25,49-53H. The first-order chi connectivity index (χ1) is 26.4. The molecular formula is C48H30O6. The Morgan fingerprint density at radius 1 is 0.296 bits per heavy atom. The lowest BCUT2D eigenvalue weighted by molar-refractivity contribution is 0.330. The second kappa shape index (κ2) is 11.8. The zero-order valence-corrected chi connectivity index (χ0v) is 28.6. The molecule has 6 nitrogen and oxygen atoms in total. The average molecular weight is 703 g/mol. The van der Waals surface area contributed by atoms with Crippen molar-refractivity contribution in [2.45, 2.75) is 0 Å². The number of phenols is 5. The Balaban J connectivity index is 1.30. The summed E-state index contributed by atoms with van der Waals surface area (Å²) in [6.07, 6.45) is 0. The van der Waals surface area contributed by atoms with E-state index in [9.17, 15) is 25.5 Å². The smallest absolute Gasteiger partial charge is 0.208 e. The topological polar surface area (TPSA) is 114 Å². The summed E-state index contributed by atoms with van der Waals surface area (Å²) < 4.78 is 6.48. The Morgan fingerprint density at radius 2 is 0.759 bits per heavy atom. The molecule has 0 bridgehead atoms. The minimum Gasteiger partial charge on any atom is -0.504 e. The van der Waals surface area contributed by atoms with Crippen LogP contribution < -0.4 is 0 Å². The van der Waals surface area contributed by atoms with Crippen LogP contribution in [0.25, 0.3) is 98.8 Å². The van der Waals surface area contributed by atoms with E-state index in [1.807, 2.05) is 91.0 Å². The van der Waals surface area contributed by atoms with Crippen molar-refractivity contribution in [1.82, 2.24) is 0 Å². The van der Waals surface area contributed by atoms with Gasteiger partial charge in [0.15, 0.2) is 11.5 Å². The molecule has 0 unspecified atom stereocenters. The second-order valence-electron chi connectivity index (χ2n) is 13.5. The molecule has 54 heavy (non-hydrogen) atoms. The maximum absolute atomic E-state index is 11.2. The van der Waals surface area contributed by atoms with Gasteiger partial charge in [-0.1, -0.05) is 133 Å². The summed E-state index contributed by atoms with van der Waals surface area (Å²) in [7, 11) is 0. The van der Waals surface area contributed by atoms with Gasteiger partial charge in [0.05, 0.1) is 5.56 Å². The van der Waals surface area contributed by atoms with Gasteiger partial charge in [-0.3, -0.25) is 0 Å². The Labute approximate surface area is 308 Å². The molecule has 0 radical (unpaired) electrons. The molecule has 258 valence electrons. The van der Waals surface area contributed by atoms with Crippen molar-refractivity contribution in [1.29, 1.82) is 0 Å². The zero-order valence-electron chi connectivity index (χ0n) is 28.6. The summed E-state index contributed by atoms with van der Waals surface area (Å²) in [5.74, 6) is -4.32. The van der Waals surface area contributed by atoms with E-state index >= 15 is 0 Å². The van der Waals surface area contributed by atoms with Crippen LogP contribution in [-0.4, -0.2) is 25.5 Å². The third kappa shape index (κ3) is 4.47. The average Bonchev–Trinajstić information content (AvgIpc) is 3.60. The van der Waals surface area contributed by atoms with Crippen LogP contribution in [0.5, 0.6) is 28.7 Å². The van der Waals surface area contributed by atoms with Crippen molar-refractivity contribution >= 4 is 54.3 Å². The van der Waals surface area contributed by atoms with Crippen molar-refractivity contribution in [3.05, 3.63) is 152 Å². The van der Waals surface area contributed by atoms with Crippen LogP contribution in [0.15, 0.2) is 156 Å². The number of furan rings is 1. The third-order valence-corrected chi connectivity index (χ3v) is 10.6. The highest BCUT2D eigenvalue weighted by Crippen LogP contribution is 2.58. The molecule has 0 saturated heterocycles. The van der Waals surface area contributed by atoms with Crippen molar-refractivity contribution < 1.29 is 29.9 Å². The minimum atomic E-state index is -1.000. The van der Waals surface area contributed by atoms with E-state index in [1.165, 1.54) is 0 Å². The highest BCUT2D eigenvalue weighted by Gasteiger charge is 2.28. The number of phenolic OH excluding ortho intramolecular Hbond substituents is 5. The first-order valence-corrected chi connectivity index (χ1v) is 17.6. The molecule has 0 aliphatic rings. The highest BCUT2D eigenvalue weighted by molar-refractivity contribution is 6.26. The Hall–Kier alpha value is -7.44. The normalized spacial score (nSPS) is 11.7. The van der Waals surface area contributed by atoms with Gasteiger partial charge >= 0.3 is 0 Å². The summed E-state index contributed by atoms with van der Waals surface area (Å²) in [5, 5.41) is 60.8. The van der Waals surface area contributed by atoms with Gasteiger partial charge in [-0.05, 0) is 83.9 Å². The molecule has 0 spiro atoms. The maximum Gasteiger partial charge on any atom is 0.208 e. The summed E-state index contributed by atoms with van der Waals surface area (Å²) >= 11 is 0. The monoisotopic (exact) mass is 702 g/mol. The zero-order chi connectivity index (χ0) is 36.7. The number of hydrogen-bond donors (Lipinski definition) is 5. The van der Waals surface area contributed by atoms with E-state index in [-0.39, 0.29) is 5.56 Å². The summed E-state index contributed by atoms with van der Waals surface area (Å²) in [5.41, 5.74) is 8.02. The molecule has 10 aromatic rings. The molecule has 1 heterocycles. The van der Waals surface area contributed by atoms with Gasteiger partial charge < -0.3 is 29.9 Å². The fourth-order valence-corrected chi connectivity index (χ4v) is 8.23. The highest BCUT2D eigenvalue weighted by atomic mass is 16.4. The Morgan fingerprint density at radius 3 is 1.37 bits per heavy atom. The van der Waals surface area contributed by atoms with Crippen molar-refractivity contribution in [3.8, 4) is 73.3 Å². The fraction of sp³-hybridized carbons (Fsp3) is 0. The quantitative estimate of drug-likeness (QED) is 0.0708. The van der Waals surface area contributed by atoms with Crippen molar-refractivity contribution in [2.75, 3.05) is 0 Å². The van der Waals surface area contributed by atoms with Gasteiger partial charge in [0.25, 0.3) is 0 Å². The molecule has 1 aromatic heterocycles. The number of hydrogen-bond acceptors (Lipinski definition) is 6. The molecule has 6 heteroatoms. The van der Waals surface area contributed by atoms with Gasteiger partial charge in [-0.2, -0.15) is 0 Å². The van der Waals surface area contributed by atoms with Crippen LogP contribution in [-0.2, 0) is 0 Å². The molecule has 9 aromatic carbocycles. The van der Waals surface area contributed by atoms with E-state index < -0.39 is 28.7 Å². The molecular weight excluding hydrogens is 673 g/mol. The van der Waals surface area contributed by atoms with Crippen LogP contribution >= 0.6 is 0 Å². The lowest BCUT2D eigenvalue weighted by Gasteiger charge is -2.21. The first kappa shape index (κ1) is 31.3. The van der Waals surface area contributed by atoms with Crippen LogP contribution in [0.4, 0.5) is 0 Å². The van der Waals surface area contributed by atoms with Crippen LogP contribution in [0.2, 0.25) is 0 Å². The number of rotatable bonds is 4. The van der Waals surface area contributed by atoms with E-state index in [0.29, 0.717) is 16.3 Å². The predicted octanol–water partition coefficient (Wildman–Crippen LogP) is 12.2. The largest absolute Gasteiger partial charge is 0.504 e. The molecule has 0 atom stereocenters. The molecule has 0 saturated carbocycles. The van der Waals surface area contributed by atoms with Gasteiger partial charge in [-0.25, -0.2) is 0 Å². The van der Waals surface area contributed by atoms with Crippen LogP contribution in [0, 0.1) is 0 Å². The molecule has 0 aliphatic carbocycles. The van der Waals surface area contributed by atoms with Gasteiger partial charge in [0.2, 0.25) is 17.2 Å². The first-order valence-electron chi connectivity index (χ1n) is 17.6. The van der Waals surface area contributed by atoms with Crippen molar-refractivity contribution in [2.24, 2.45) is 0 Å². The lowest BCUT2D eigenvalue weighted by atomic mass is 9.83. The van der Waals surface area contributed by atoms with Crippen LogP contribution in [0.3, 0.4) is 0 Å². The van der Waals surface area contributed by atoms with Gasteiger partial charge in [0.1, 0.15) is 11.2 Å². The van der Waals surface area contributed by atoms with E-state index in [1.54, 1.807) is 0 Å². The number of para-hydroxylation sites is 1. The van der Waals surface area contributed by atoms with E-state index in [4.69, 9.17) is 4.42 Å². The number of aromatic hydroxyl groups is 5. The SMILES string of the molecule is Oc1c(O)c(O)c(-c2c3ccccc3c(-c3ccc(-c4cc(-c5ccccc5)cc5oc6ccccc6c45)c4ccccc34)c3ccccc23)c(O)c1O. The summed E-state index contributed by atoms with van der Waals surface area (Å²) in [6, 6.07) is 50.8. The lowest BCUT2D eigenvalue weighted by Crippen LogP contribution is -1.94. The number of fused-ring (bicyclic) bond motifs is 6. The number of benzene rings is 9. The van der Waals surface area contributed by atoms with E-state index in [0.717, 1.165) is 76.9 Å². The van der Waals surface area contributed by atoms with Gasteiger partial charge in [0, 0.05) is 16.3 Å².